The lowest BCUT2D eigenvalue weighted by Crippen LogP contribution is -1.99. The zero-order valence-corrected chi connectivity index (χ0v) is 26.6. The molecule has 0 saturated heterocycles. The van der Waals surface area contributed by atoms with E-state index in [0.29, 0.717) is 39.1 Å². The first-order valence-corrected chi connectivity index (χ1v) is 15.9. The van der Waals surface area contributed by atoms with Crippen LogP contribution in [-0.2, 0) is 43.6 Å². The number of aromatic amines is 2. The molecule has 4 aromatic carbocycles. The van der Waals surface area contributed by atoms with Gasteiger partial charge in [0.15, 0.2) is 0 Å². The fraction of sp³-hybridized carbons (Fsp3) is 0.278. The predicted octanol–water partition coefficient (Wildman–Crippen LogP) is 9.32. The second kappa shape index (κ2) is 14.7. The summed E-state index contributed by atoms with van der Waals surface area (Å²) < 4.78 is 6.51. The van der Waals surface area contributed by atoms with Gasteiger partial charge in [0, 0.05) is 35.8 Å². The maximum Gasteiger partial charge on any atom is 0.106 e. The third-order valence-corrected chi connectivity index (χ3v) is 8.35. The van der Waals surface area contributed by atoms with Crippen LogP contribution in [0.15, 0.2) is 83.0 Å². The second-order valence-corrected chi connectivity index (χ2v) is 11.4. The van der Waals surface area contributed by atoms with Gasteiger partial charge in [-0.15, -0.1) is 0 Å². The summed E-state index contributed by atoms with van der Waals surface area (Å²) in [5.74, 6) is 1.90. The predicted molar refractivity (Wildman–Crippen MR) is 186 cm³/mol. The van der Waals surface area contributed by atoms with Crippen molar-refractivity contribution in [2.45, 2.75) is 52.7 Å². The Kier molecular flexibility index (Phi) is 9.79. The van der Waals surface area contributed by atoms with Crippen molar-refractivity contribution < 1.29 is 4.74 Å². The number of nitrogens with one attached hydrogen (secondary N) is 2. The van der Waals surface area contributed by atoms with E-state index in [1.54, 1.807) is 0 Å². The number of imidazole rings is 2. The molecule has 0 unspecified atom stereocenters. The molecule has 2 aromatic heterocycles. The Hall–Kier alpha value is -5.60. The van der Waals surface area contributed by atoms with E-state index in [1.165, 1.54) is 0 Å². The molecule has 11 nitrogen and oxygen atoms in total. The van der Waals surface area contributed by atoms with Gasteiger partial charge in [0.1, 0.15) is 11.6 Å². The van der Waals surface area contributed by atoms with Gasteiger partial charge in [-0.2, -0.15) is 0 Å². The summed E-state index contributed by atoms with van der Waals surface area (Å²) in [4.78, 5) is 22.2. The fourth-order valence-electron chi connectivity index (χ4n) is 5.84. The van der Waals surface area contributed by atoms with E-state index in [9.17, 15) is 0 Å². The molecular weight excluding hydrogens is 588 g/mol. The van der Waals surface area contributed by atoms with Crippen LogP contribution in [0, 0.1) is 0 Å². The maximum atomic E-state index is 8.61. The van der Waals surface area contributed by atoms with Crippen molar-refractivity contribution in [3.8, 4) is 22.3 Å². The average molecular weight is 625 g/mol. The summed E-state index contributed by atoms with van der Waals surface area (Å²) in [6.07, 6.45) is 3.03. The molecule has 11 heteroatoms. The number of azide groups is 2. The van der Waals surface area contributed by atoms with Crippen molar-refractivity contribution in [3.63, 3.8) is 0 Å². The van der Waals surface area contributed by atoms with Crippen molar-refractivity contribution in [2.75, 3.05) is 13.1 Å². The molecule has 47 heavy (non-hydrogen) atoms. The summed E-state index contributed by atoms with van der Waals surface area (Å²) in [7, 11) is 0. The summed E-state index contributed by atoms with van der Waals surface area (Å²) >= 11 is 0. The molecule has 0 atom stereocenters. The lowest BCUT2D eigenvalue weighted by molar-refractivity contribution is 0.108. The van der Waals surface area contributed by atoms with Gasteiger partial charge in [-0.1, -0.05) is 72.6 Å². The smallest absolute Gasteiger partial charge is 0.106 e. The van der Waals surface area contributed by atoms with E-state index in [0.717, 1.165) is 91.1 Å². The molecule has 0 aliphatic rings. The normalized spacial score (nSPS) is 11.1. The first-order valence-electron chi connectivity index (χ1n) is 15.9. The minimum Gasteiger partial charge on any atom is -0.372 e. The monoisotopic (exact) mass is 624 g/mol. The van der Waals surface area contributed by atoms with Gasteiger partial charge in [0.25, 0.3) is 0 Å². The van der Waals surface area contributed by atoms with Crippen LogP contribution in [0.3, 0.4) is 0 Å². The van der Waals surface area contributed by atoms with Crippen LogP contribution in [-0.4, -0.2) is 33.0 Å². The number of H-pyrrole nitrogens is 2. The van der Waals surface area contributed by atoms with Crippen LogP contribution >= 0.6 is 0 Å². The molecule has 0 amide bonds. The van der Waals surface area contributed by atoms with Crippen molar-refractivity contribution >= 4 is 22.1 Å². The Morgan fingerprint density at radius 1 is 0.638 bits per heavy atom. The Bertz CT molecular complexity index is 1950. The minimum atomic E-state index is 0.406. The summed E-state index contributed by atoms with van der Waals surface area (Å²) in [6.45, 7) is 5.86. The molecule has 0 radical (unpaired) electrons. The number of ether oxygens (including phenoxy) is 1. The van der Waals surface area contributed by atoms with Gasteiger partial charge in [-0.25, -0.2) is 9.97 Å². The second-order valence-electron chi connectivity index (χ2n) is 11.4. The first-order chi connectivity index (χ1) is 23.1. The highest BCUT2D eigenvalue weighted by molar-refractivity contribution is 5.85. The lowest BCUT2D eigenvalue weighted by Gasteiger charge is -2.14. The van der Waals surface area contributed by atoms with E-state index < -0.39 is 0 Å². The molecule has 0 fully saturated rings. The number of hydrogen-bond acceptors (Lipinski definition) is 5. The van der Waals surface area contributed by atoms with Crippen molar-refractivity contribution in [1.82, 2.24) is 19.9 Å². The highest BCUT2D eigenvalue weighted by Gasteiger charge is 2.14. The van der Waals surface area contributed by atoms with Gasteiger partial charge in [-0.3, -0.25) is 0 Å². The number of aromatic nitrogens is 4. The van der Waals surface area contributed by atoms with Crippen LogP contribution in [0.2, 0.25) is 0 Å². The standard InChI is InChI=1S/C36H36N10O/c1-3-35-41-31-17-27(29(19-33(31)43-35)25-9-5-23(6-10-25)13-15-39-45-37)21-47-22-28-18-32-34(44-36(4-2)42-32)20-30(28)26-11-7-24(8-12-26)14-16-40-46-38/h5-12,17-20H,3-4,13-16,21-22H2,1-2H3,(H,41,43)(H,42,44). The first kappa shape index (κ1) is 31.4. The van der Waals surface area contributed by atoms with E-state index in [1.807, 2.05) is 0 Å². The molecule has 0 spiro atoms. The summed E-state index contributed by atoms with van der Waals surface area (Å²) in [5.41, 5.74) is 29.7. The Morgan fingerprint density at radius 3 is 1.45 bits per heavy atom. The number of aryl methyl sites for hydroxylation is 2. The molecule has 236 valence electrons. The Balaban J connectivity index is 1.29. The van der Waals surface area contributed by atoms with Gasteiger partial charge >= 0.3 is 0 Å². The topological polar surface area (TPSA) is 164 Å². The molecule has 6 aromatic rings. The van der Waals surface area contributed by atoms with E-state index in [4.69, 9.17) is 25.8 Å². The molecule has 2 heterocycles. The van der Waals surface area contributed by atoms with Crippen molar-refractivity contribution in [2.24, 2.45) is 10.2 Å². The SMILES string of the molecule is CCc1nc2cc(-c3ccc(CCN=[N+]=[N-])cc3)c(COCc3cc4[nH]c(CC)nc4cc3-c3ccc(CCN=[N+]=[N-])cc3)cc2[nH]1. The van der Waals surface area contributed by atoms with Crippen LogP contribution in [0.1, 0.15) is 47.8 Å². The molecule has 2 N–H and O–H groups in total. The Labute approximate surface area is 272 Å². The molecule has 0 bridgehead atoms. The third kappa shape index (κ3) is 7.29. The number of nitrogens with zero attached hydrogens (tertiary/aromatic N) is 8. The maximum absolute atomic E-state index is 8.61. The van der Waals surface area contributed by atoms with Crippen LogP contribution in [0.4, 0.5) is 0 Å². The van der Waals surface area contributed by atoms with E-state index in [-0.39, 0.29) is 0 Å². The minimum absolute atomic E-state index is 0.406. The zero-order valence-electron chi connectivity index (χ0n) is 26.6. The van der Waals surface area contributed by atoms with Crippen molar-refractivity contribution in [1.29, 1.82) is 0 Å². The third-order valence-electron chi connectivity index (χ3n) is 8.35. The quantitative estimate of drug-likeness (QED) is 0.0702. The van der Waals surface area contributed by atoms with E-state index >= 15 is 0 Å². The lowest BCUT2D eigenvalue weighted by atomic mass is 9.97. The van der Waals surface area contributed by atoms with Crippen molar-refractivity contribution in [3.05, 3.63) is 128 Å². The van der Waals surface area contributed by atoms with Crippen LogP contribution in [0.5, 0.6) is 0 Å². The van der Waals surface area contributed by atoms with Crippen LogP contribution < -0.4 is 0 Å². The Morgan fingerprint density at radius 2 is 1.06 bits per heavy atom. The van der Waals surface area contributed by atoms with Gasteiger partial charge in [-0.05, 0) is 92.7 Å². The fourth-order valence-corrected chi connectivity index (χ4v) is 5.84. The number of fused-ring (bicyclic) bond motifs is 2. The molecule has 0 saturated carbocycles. The van der Waals surface area contributed by atoms with Gasteiger partial charge < -0.3 is 14.7 Å². The highest BCUT2D eigenvalue weighted by Crippen LogP contribution is 2.32. The molecule has 6 rings (SSSR count). The number of benzene rings is 4. The zero-order chi connectivity index (χ0) is 32.6. The molecule has 0 aliphatic heterocycles. The summed E-state index contributed by atoms with van der Waals surface area (Å²) in [5, 5.41) is 7.33. The molecule has 0 aliphatic carbocycles. The van der Waals surface area contributed by atoms with Crippen LogP contribution in [0.25, 0.3) is 65.2 Å². The summed E-state index contributed by atoms with van der Waals surface area (Å²) in [6, 6.07) is 25.3. The number of rotatable bonds is 14. The van der Waals surface area contributed by atoms with E-state index in [2.05, 4.69) is 117 Å². The molecular formula is C36H36N10O. The highest BCUT2D eigenvalue weighted by atomic mass is 16.5. The number of hydrogen-bond donors (Lipinski definition) is 2. The van der Waals surface area contributed by atoms with Gasteiger partial charge in [0.2, 0.25) is 0 Å². The average Bonchev–Trinajstić information content (AvgIpc) is 3.71. The van der Waals surface area contributed by atoms with Gasteiger partial charge in [0.05, 0.1) is 35.3 Å². The largest absolute Gasteiger partial charge is 0.372 e.